The van der Waals surface area contributed by atoms with E-state index in [2.05, 4.69) is 25.1 Å². The first kappa shape index (κ1) is 37.4. The van der Waals surface area contributed by atoms with Crippen LogP contribution in [0.15, 0.2) is 36.5 Å². The lowest BCUT2D eigenvalue weighted by atomic mass is 9.76. The number of rotatable bonds is 8. The minimum absolute atomic E-state index is 0.118. The first-order valence-corrected chi connectivity index (χ1v) is 15.1. The molecule has 2 saturated heterocycles. The number of nitrogens with zero attached hydrogens (tertiary/aromatic N) is 5. The predicted octanol–water partition coefficient (Wildman–Crippen LogP) is 5.31. The number of aromatic nitrogens is 4. The molecule has 2 aliphatic rings. The van der Waals surface area contributed by atoms with Crippen molar-refractivity contribution >= 4 is 23.7 Å². The Morgan fingerprint density at radius 1 is 1.02 bits per heavy atom. The third-order valence-corrected chi connectivity index (χ3v) is 8.95. The number of piperidine rings is 1. The van der Waals surface area contributed by atoms with Crippen molar-refractivity contribution in [3.63, 3.8) is 0 Å². The van der Waals surface area contributed by atoms with E-state index in [0.717, 1.165) is 16.9 Å². The number of carboxylic acid groups (broad SMARTS) is 1. The summed E-state index contributed by atoms with van der Waals surface area (Å²) in [6.45, 7) is 2.24. The van der Waals surface area contributed by atoms with Gasteiger partial charge in [-0.25, -0.2) is 9.48 Å². The number of benzene rings is 1. The molecule has 1 unspecified atom stereocenters. The zero-order valence-corrected chi connectivity index (χ0v) is 26.7. The number of aliphatic carboxylic acids is 1. The molecule has 4 N–H and O–H groups in total. The summed E-state index contributed by atoms with van der Waals surface area (Å²) >= 11 is 0. The summed E-state index contributed by atoms with van der Waals surface area (Å²) in [6.07, 6.45) is -17.7. The van der Waals surface area contributed by atoms with Gasteiger partial charge in [-0.2, -0.15) is 54.6 Å². The fourth-order valence-corrected chi connectivity index (χ4v) is 5.92. The van der Waals surface area contributed by atoms with Gasteiger partial charge in [0.05, 0.1) is 16.9 Å². The van der Waals surface area contributed by atoms with Gasteiger partial charge >= 0.3 is 30.5 Å². The van der Waals surface area contributed by atoms with Crippen LogP contribution in [0.25, 0.3) is 5.69 Å². The van der Waals surface area contributed by atoms with E-state index < -0.39 is 83.8 Å². The number of carbonyl (C=O) groups is 2. The molecule has 51 heavy (non-hydrogen) atoms. The van der Waals surface area contributed by atoms with Crippen LogP contribution in [0.1, 0.15) is 53.9 Å². The molecule has 0 amide bonds. The Labute approximate surface area is 282 Å². The van der Waals surface area contributed by atoms with Gasteiger partial charge in [-0.1, -0.05) is 6.07 Å². The number of nitrogens with two attached hydrogens (primary N) is 1. The fraction of sp³-hybridized carbons (Fsp3) is 0.500. The van der Waals surface area contributed by atoms with Crippen molar-refractivity contribution in [3.8, 4) is 11.6 Å². The Bertz CT molecular complexity index is 1770. The average Bonchev–Trinajstić information content (AvgIpc) is 3.64. The van der Waals surface area contributed by atoms with Crippen molar-refractivity contribution in [2.75, 3.05) is 30.3 Å². The molecule has 2 aromatic heterocycles. The van der Waals surface area contributed by atoms with Gasteiger partial charge in [0.2, 0.25) is 17.9 Å². The number of hydrogen-bond acceptors (Lipinski definition) is 10. The average molecular weight is 740 g/mol. The molecule has 278 valence electrons. The van der Waals surface area contributed by atoms with Crippen LogP contribution in [0.5, 0.6) is 5.88 Å². The van der Waals surface area contributed by atoms with Gasteiger partial charge in [-0.3, -0.25) is 4.79 Å². The van der Waals surface area contributed by atoms with E-state index in [-0.39, 0.29) is 16.9 Å². The standard InChI is InChI=1S/C30H30F9N7O5/c1-15-5-8-46(44-15)19-11-16(24(49)51-26(2,29(34,35)36)30(37,38)39)3-4-17(19)22(28(31,32)33)50-21-12-20(42-25(40)43-21)45-9-6-27(7-10-45)13-18(23(47)48)41-14-27/h3-5,8,11-12,18,22,41H,6-7,9-10,13-14H2,1-2H3,(H,47,48)(H2,40,42,43)/t18-,22?/m0/s1. The highest BCUT2D eigenvalue weighted by Gasteiger charge is 2.71. The Morgan fingerprint density at radius 2 is 1.67 bits per heavy atom. The van der Waals surface area contributed by atoms with Gasteiger partial charge in [-0.05, 0) is 56.7 Å². The number of anilines is 2. The first-order valence-electron chi connectivity index (χ1n) is 15.1. The highest BCUT2D eigenvalue weighted by molar-refractivity contribution is 5.90. The molecule has 0 radical (unpaired) electrons. The van der Waals surface area contributed by atoms with Gasteiger partial charge in [-0.15, -0.1) is 0 Å². The summed E-state index contributed by atoms with van der Waals surface area (Å²) in [5, 5.41) is 16.3. The molecule has 2 atom stereocenters. The van der Waals surface area contributed by atoms with E-state index in [1.165, 1.54) is 13.0 Å². The summed E-state index contributed by atoms with van der Waals surface area (Å²) in [5.74, 6) is -4.06. The topological polar surface area (TPSA) is 158 Å². The lowest BCUT2D eigenvalue weighted by molar-refractivity contribution is -0.358. The Kier molecular flexibility index (Phi) is 9.58. The zero-order valence-electron chi connectivity index (χ0n) is 26.7. The van der Waals surface area contributed by atoms with Gasteiger partial charge < -0.3 is 30.5 Å². The smallest absolute Gasteiger partial charge is 0.437 e. The van der Waals surface area contributed by atoms with Crippen molar-refractivity contribution < 1.29 is 63.7 Å². The number of ether oxygens (including phenoxy) is 2. The van der Waals surface area contributed by atoms with Crippen molar-refractivity contribution in [3.05, 3.63) is 53.3 Å². The number of carbonyl (C=O) groups excluding carboxylic acids is 1. The molecule has 12 nitrogen and oxygen atoms in total. The van der Waals surface area contributed by atoms with E-state index in [1.54, 1.807) is 4.90 Å². The molecule has 2 aliphatic heterocycles. The Balaban J connectivity index is 1.46. The van der Waals surface area contributed by atoms with Gasteiger partial charge in [0.1, 0.15) is 11.9 Å². The van der Waals surface area contributed by atoms with E-state index >= 15 is 0 Å². The molecule has 1 spiro atoms. The predicted molar refractivity (Wildman–Crippen MR) is 158 cm³/mol. The molecule has 5 rings (SSSR count). The molecular weight excluding hydrogens is 709 g/mol. The van der Waals surface area contributed by atoms with Crippen LogP contribution < -0.4 is 20.7 Å². The second kappa shape index (κ2) is 13.1. The normalized spacial score (nSPS) is 18.9. The molecule has 0 bridgehead atoms. The van der Waals surface area contributed by atoms with E-state index in [4.69, 9.17) is 10.5 Å². The Hall–Kier alpha value is -4.82. The summed E-state index contributed by atoms with van der Waals surface area (Å²) in [7, 11) is 0. The van der Waals surface area contributed by atoms with Crippen LogP contribution in [-0.4, -0.2) is 86.6 Å². The summed E-state index contributed by atoms with van der Waals surface area (Å²) in [4.78, 5) is 33.7. The molecule has 1 aromatic carbocycles. The Morgan fingerprint density at radius 3 is 2.20 bits per heavy atom. The maximum atomic E-state index is 14.7. The lowest BCUT2D eigenvalue weighted by Gasteiger charge is -2.39. The van der Waals surface area contributed by atoms with Crippen molar-refractivity contribution in [1.29, 1.82) is 0 Å². The first-order chi connectivity index (χ1) is 23.5. The van der Waals surface area contributed by atoms with Crippen LogP contribution in [0.4, 0.5) is 51.3 Å². The molecule has 0 saturated carbocycles. The van der Waals surface area contributed by atoms with Gasteiger partial charge in [0.25, 0.3) is 5.60 Å². The number of hydrogen-bond donors (Lipinski definition) is 3. The number of carboxylic acids is 1. The van der Waals surface area contributed by atoms with Crippen molar-refractivity contribution in [2.24, 2.45) is 5.41 Å². The highest BCUT2D eigenvalue weighted by atomic mass is 19.4. The number of nitrogen functional groups attached to an aromatic ring is 1. The van der Waals surface area contributed by atoms with Gasteiger partial charge in [0.15, 0.2) is 0 Å². The maximum absolute atomic E-state index is 14.7. The number of esters is 1. The lowest BCUT2D eigenvalue weighted by Crippen LogP contribution is -2.57. The molecule has 3 aromatic rings. The number of halogens is 9. The van der Waals surface area contributed by atoms with E-state index in [9.17, 15) is 54.2 Å². The van der Waals surface area contributed by atoms with Crippen LogP contribution in [0.2, 0.25) is 0 Å². The minimum Gasteiger partial charge on any atom is -0.480 e. The van der Waals surface area contributed by atoms with Crippen LogP contribution in [0.3, 0.4) is 0 Å². The molecule has 4 heterocycles. The maximum Gasteiger partial charge on any atom is 0.437 e. The number of aryl methyl sites for hydroxylation is 1. The van der Waals surface area contributed by atoms with E-state index in [1.807, 2.05) is 0 Å². The molecular formula is C30H30F9N7O5. The fourth-order valence-electron chi connectivity index (χ4n) is 5.92. The molecule has 2 fully saturated rings. The summed E-state index contributed by atoms with van der Waals surface area (Å²) in [5.41, 5.74) is -1.44. The van der Waals surface area contributed by atoms with Crippen molar-refractivity contribution in [2.45, 2.75) is 69.4 Å². The zero-order chi connectivity index (χ0) is 37.7. The van der Waals surface area contributed by atoms with E-state index in [0.29, 0.717) is 57.1 Å². The summed E-state index contributed by atoms with van der Waals surface area (Å²) in [6, 6.07) is 3.54. The van der Waals surface area contributed by atoms with Crippen LogP contribution in [-0.2, 0) is 9.53 Å². The monoisotopic (exact) mass is 739 g/mol. The van der Waals surface area contributed by atoms with Crippen LogP contribution >= 0.6 is 0 Å². The third-order valence-electron chi connectivity index (χ3n) is 8.95. The quantitative estimate of drug-likeness (QED) is 0.203. The van der Waals surface area contributed by atoms with Gasteiger partial charge in [0, 0.05) is 37.5 Å². The molecule has 21 heteroatoms. The third kappa shape index (κ3) is 7.61. The minimum atomic E-state index is -6.09. The van der Waals surface area contributed by atoms with Crippen LogP contribution in [0, 0.1) is 12.3 Å². The second-order valence-electron chi connectivity index (χ2n) is 12.5. The second-order valence-corrected chi connectivity index (χ2v) is 12.5. The largest absolute Gasteiger partial charge is 0.480 e. The molecule has 0 aliphatic carbocycles. The number of nitrogens with one attached hydrogen (secondary N) is 1. The highest BCUT2D eigenvalue weighted by Crippen LogP contribution is 2.47. The summed E-state index contributed by atoms with van der Waals surface area (Å²) < 4.78 is 135. The number of alkyl halides is 9. The van der Waals surface area contributed by atoms with Crippen molar-refractivity contribution in [1.82, 2.24) is 25.1 Å². The SMILES string of the molecule is Cc1ccn(-c2cc(C(=O)OC(C)(C(F)(F)F)C(F)(F)F)ccc2C(Oc2cc(N3CCC4(CC3)CN[C@H](C(=O)O)C4)nc(N)n2)C(F)(F)F)n1.